The zero-order valence-electron chi connectivity index (χ0n) is 11.3. The summed E-state index contributed by atoms with van der Waals surface area (Å²) in [5.41, 5.74) is 0. The van der Waals surface area contributed by atoms with Gasteiger partial charge in [0.25, 0.3) is 0 Å². The number of ether oxygens (including phenoxy) is 3. The summed E-state index contributed by atoms with van der Waals surface area (Å²) in [6.07, 6.45) is 5.82. The summed E-state index contributed by atoms with van der Waals surface area (Å²) in [7, 11) is 1.19. The molecular formula is C13H20O6. The quantitative estimate of drug-likeness (QED) is 0.273. The lowest BCUT2D eigenvalue weighted by molar-refractivity contribution is -0.156. The van der Waals surface area contributed by atoms with Crippen LogP contribution >= 0.6 is 0 Å². The lowest BCUT2D eigenvalue weighted by atomic mass is 10.2. The molecule has 0 N–H and O–H groups in total. The highest BCUT2D eigenvalue weighted by Crippen LogP contribution is 1.99. The predicted octanol–water partition coefficient (Wildman–Crippen LogP) is 1.38. The molecule has 0 aliphatic carbocycles. The van der Waals surface area contributed by atoms with Crippen molar-refractivity contribution in [3.8, 4) is 0 Å². The van der Waals surface area contributed by atoms with Gasteiger partial charge in [-0.15, -0.1) is 0 Å². The zero-order chi connectivity index (χ0) is 14.5. The number of unbranched alkanes of at least 4 members (excludes halogenated alkanes) is 3. The fourth-order valence-electron chi connectivity index (χ4n) is 1.14. The normalized spacial score (nSPS) is 10.2. The number of rotatable bonds is 9. The highest BCUT2D eigenvalue weighted by Gasteiger charge is 2.06. The minimum Gasteiger partial charge on any atom is -0.466 e. The van der Waals surface area contributed by atoms with Crippen molar-refractivity contribution in [2.75, 3.05) is 20.3 Å². The molecule has 0 saturated carbocycles. The predicted molar refractivity (Wildman–Crippen MR) is 67.2 cm³/mol. The molecule has 0 amide bonds. The fourth-order valence-corrected chi connectivity index (χ4v) is 1.14. The molecule has 0 unspecified atom stereocenters. The minimum absolute atomic E-state index is 0.328. The van der Waals surface area contributed by atoms with E-state index in [1.165, 1.54) is 7.11 Å². The van der Waals surface area contributed by atoms with E-state index in [9.17, 15) is 14.4 Å². The van der Waals surface area contributed by atoms with E-state index in [0.717, 1.165) is 37.8 Å². The van der Waals surface area contributed by atoms with Crippen LogP contribution in [0.4, 0.5) is 0 Å². The maximum absolute atomic E-state index is 11.2. The van der Waals surface area contributed by atoms with Crippen molar-refractivity contribution in [3.05, 3.63) is 12.2 Å². The molecule has 0 saturated heterocycles. The first-order chi connectivity index (χ1) is 9.10. The van der Waals surface area contributed by atoms with E-state index in [4.69, 9.17) is 4.74 Å². The van der Waals surface area contributed by atoms with Crippen LogP contribution in [0.1, 0.15) is 32.6 Å². The van der Waals surface area contributed by atoms with Crippen LogP contribution in [0.15, 0.2) is 12.2 Å². The van der Waals surface area contributed by atoms with Gasteiger partial charge in [0, 0.05) is 12.2 Å². The van der Waals surface area contributed by atoms with Crippen LogP contribution in [0.25, 0.3) is 0 Å². The summed E-state index contributed by atoms with van der Waals surface area (Å²) in [4.78, 5) is 32.9. The molecule has 6 nitrogen and oxygen atoms in total. The Morgan fingerprint density at radius 3 is 2.26 bits per heavy atom. The Labute approximate surface area is 112 Å². The van der Waals surface area contributed by atoms with Crippen molar-refractivity contribution in [2.45, 2.75) is 32.6 Å². The van der Waals surface area contributed by atoms with Crippen LogP contribution < -0.4 is 0 Å². The first-order valence-corrected chi connectivity index (χ1v) is 6.18. The number of methoxy groups -OCH3 is 1. The summed E-state index contributed by atoms with van der Waals surface area (Å²) >= 11 is 0. The van der Waals surface area contributed by atoms with E-state index in [2.05, 4.69) is 16.4 Å². The van der Waals surface area contributed by atoms with Gasteiger partial charge in [0.15, 0.2) is 6.61 Å². The van der Waals surface area contributed by atoms with Gasteiger partial charge in [-0.1, -0.05) is 26.2 Å². The third-order valence-electron chi connectivity index (χ3n) is 2.15. The highest BCUT2D eigenvalue weighted by molar-refractivity contribution is 5.92. The molecule has 0 radical (unpaired) electrons. The van der Waals surface area contributed by atoms with Gasteiger partial charge >= 0.3 is 17.9 Å². The van der Waals surface area contributed by atoms with E-state index >= 15 is 0 Å². The molecule has 0 rings (SSSR count). The number of carbonyl (C=O) groups excluding carboxylic acids is 3. The third-order valence-corrected chi connectivity index (χ3v) is 2.15. The summed E-state index contributed by atoms with van der Waals surface area (Å²) in [5, 5.41) is 0. The average Bonchev–Trinajstić information content (AvgIpc) is 2.42. The van der Waals surface area contributed by atoms with Gasteiger partial charge in [-0.3, -0.25) is 0 Å². The summed E-state index contributed by atoms with van der Waals surface area (Å²) in [6, 6.07) is 0. The van der Waals surface area contributed by atoms with Gasteiger partial charge in [-0.25, -0.2) is 14.4 Å². The Hall–Kier alpha value is -1.85. The molecule has 108 valence electrons. The van der Waals surface area contributed by atoms with E-state index in [-0.39, 0.29) is 0 Å². The van der Waals surface area contributed by atoms with E-state index in [1.54, 1.807) is 0 Å². The standard InChI is InChI=1S/C13H20O6/c1-3-4-5-6-9-18-13(16)10-19-12(15)8-7-11(14)17-2/h7-8H,3-6,9-10H2,1-2H3/b8-7-. The Balaban J connectivity index is 3.64. The first-order valence-electron chi connectivity index (χ1n) is 6.18. The van der Waals surface area contributed by atoms with Gasteiger partial charge in [0.05, 0.1) is 13.7 Å². The topological polar surface area (TPSA) is 78.9 Å². The lowest BCUT2D eigenvalue weighted by Gasteiger charge is -2.04. The number of hydrogen-bond donors (Lipinski definition) is 0. The molecule has 0 spiro atoms. The number of carbonyl (C=O) groups is 3. The molecule has 0 aliphatic rings. The highest BCUT2D eigenvalue weighted by atomic mass is 16.6. The van der Waals surface area contributed by atoms with Gasteiger partial charge in [-0.05, 0) is 6.42 Å². The SMILES string of the molecule is CCCCCCOC(=O)COC(=O)/C=C\C(=O)OC. The maximum Gasteiger partial charge on any atom is 0.344 e. The molecule has 0 aromatic heterocycles. The monoisotopic (exact) mass is 272 g/mol. The smallest absolute Gasteiger partial charge is 0.344 e. The number of esters is 3. The lowest BCUT2D eigenvalue weighted by Crippen LogP contribution is -2.16. The van der Waals surface area contributed by atoms with Crippen molar-refractivity contribution in [3.63, 3.8) is 0 Å². The van der Waals surface area contributed by atoms with Gasteiger partial charge in [-0.2, -0.15) is 0 Å². The molecule has 0 aromatic rings. The van der Waals surface area contributed by atoms with Crippen LogP contribution in [0.5, 0.6) is 0 Å². The number of hydrogen-bond acceptors (Lipinski definition) is 6. The van der Waals surface area contributed by atoms with E-state index in [0.29, 0.717) is 6.61 Å². The van der Waals surface area contributed by atoms with Crippen LogP contribution in [0.3, 0.4) is 0 Å². The second-order valence-corrected chi connectivity index (χ2v) is 3.75. The Bertz CT molecular complexity index is 321. The molecule has 0 heterocycles. The van der Waals surface area contributed by atoms with Gasteiger partial charge < -0.3 is 14.2 Å². The van der Waals surface area contributed by atoms with Gasteiger partial charge in [0.2, 0.25) is 0 Å². The Morgan fingerprint density at radius 2 is 1.63 bits per heavy atom. The largest absolute Gasteiger partial charge is 0.466 e. The Kier molecular flexibility index (Phi) is 10.2. The summed E-state index contributed by atoms with van der Waals surface area (Å²) in [5.74, 6) is -2.07. The molecule has 0 atom stereocenters. The average molecular weight is 272 g/mol. The van der Waals surface area contributed by atoms with Gasteiger partial charge in [0.1, 0.15) is 0 Å². The second-order valence-electron chi connectivity index (χ2n) is 3.75. The summed E-state index contributed by atoms with van der Waals surface area (Å²) < 4.78 is 13.7. The molecule has 0 bridgehead atoms. The van der Waals surface area contributed by atoms with Crippen molar-refractivity contribution in [1.29, 1.82) is 0 Å². The zero-order valence-corrected chi connectivity index (χ0v) is 11.3. The molecular weight excluding hydrogens is 252 g/mol. The van der Waals surface area contributed by atoms with E-state index < -0.39 is 24.5 Å². The molecule has 0 fully saturated rings. The molecule has 0 aromatic carbocycles. The molecule has 19 heavy (non-hydrogen) atoms. The van der Waals surface area contributed by atoms with E-state index in [1.807, 2.05) is 0 Å². The maximum atomic E-state index is 11.2. The molecule has 6 heteroatoms. The Morgan fingerprint density at radius 1 is 0.947 bits per heavy atom. The minimum atomic E-state index is -0.798. The van der Waals surface area contributed by atoms with Crippen molar-refractivity contribution in [2.24, 2.45) is 0 Å². The molecule has 0 aliphatic heterocycles. The van der Waals surface area contributed by atoms with Crippen molar-refractivity contribution in [1.82, 2.24) is 0 Å². The second kappa shape index (κ2) is 11.3. The summed E-state index contributed by atoms with van der Waals surface area (Å²) in [6.45, 7) is 1.96. The van der Waals surface area contributed by atoms with Crippen molar-refractivity contribution >= 4 is 17.9 Å². The van der Waals surface area contributed by atoms with Crippen LogP contribution in [0.2, 0.25) is 0 Å². The van der Waals surface area contributed by atoms with Crippen LogP contribution in [-0.4, -0.2) is 38.2 Å². The van der Waals surface area contributed by atoms with Crippen LogP contribution in [-0.2, 0) is 28.6 Å². The fraction of sp³-hybridized carbons (Fsp3) is 0.615. The first kappa shape index (κ1) is 17.2. The third kappa shape index (κ3) is 11.0. The van der Waals surface area contributed by atoms with Crippen molar-refractivity contribution < 1.29 is 28.6 Å². The van der Waals surface area contributed by atoms with Crippen LogP contribution in [0, 0.1) is 0 Å².